The molecule has 0 aromatic rings. The molecule has 2 aliphatic rings. The first-order valence-electron chi connectivity index (χ1n) is 7.09. The Kier molecular flexibility index (Phi) is 3.80. The zero-order chi connectivity index (χ0) is 14.3. The van der Waals surface area contributed by atoms with E-state index in [4.69, 9.17) is 15.2 Å². The number of rotatable bonds is 2. The van der Waals surface area contributed by atoms with Crippen molar-refractivity contribution in [2.75, 3.05) is 19.8 Å². The molecule has 1 aliphatic heterocycles. The van der Waals surface area contributed by atoms with E-state index >= 15 is 0 Å². The molecule has 1 amide bonds. The molecule has 0 radical (unpaired) electrons. The van der Waals surface area contributed by atoms with Crippen LogP contribution in [0.15, 0.2) is 0 Å². The quantitative estimate of drug-likeness (QED) is 0.830. The molecule has 2 N–H and O–H groups in total. The summed E-state index contributed by atoms with van der Waals surface area (Å²) in [4.78, 5) is 14.2. The molecule has 0 spiro atoms. The van der Waals surface area contributed by atoms with E-state index in [1.165, 1.54) is 0 Å². The fraction of sp³-hybridized carbons (Fsp3) is 0.929. The Labute approximate surface area is 115 Å². The lowest BCUT2D eigenvalue weighted by atomic mass is 9.88. The summed E-state index contributed by atoms with van der Waals surface area (Å²) in [6.45, 7) is 9.42. The lowest BCUT2D eigenvalue weighted by Crippen LogP contribution is -2.57. The standard InChI is InChI=1S/C14H26N2O3/c1-10(15)14(5-6-14)11-9-18-8-7-16(11)12(17)19-13(2,3)4/h10-11H,5-9,15H2,1-4H3. The molecule has 5 nitrogen and oxygen atoms in total. The van der Waals surface area contributed by atoms with Crippen molar-refractivity contribution in [1.82, 2.24) is 4.90 Å². The maximum atomic E-state index is 12.3. The first kappa shape index (κ1) is 14.6. The molecule has 2 rings (SSSR count). The topological polar surface area (TPSA) is 64.8 Å². The van der Waals surface area contributed by atoms with E-state index in [9.17, 15) is 4.79 Å². The predicted octanol–water partition coefficient (Wildman–Crippen LogP) is 1.75. The van der Waals surface area contributed by atoms with E-state index in [1.807, 2.05) is 32.6 Å². The van der Waals surface area contributed by atoms with Crippen LogP contribution in [0, 0.1) is 5.41 Å². The van der Waals surface area contributed by atoms with Crippen LogP contribution in [0.3, 0.4) is 0 Å². The molecular formula is C14H26N2O3. The van der Waals surface area contributed by atoms with Crippen molar-refractivity contribution in [3.8, 4) is 0 Å². The van der Waals surface area contributed by atoms with Crippen LogP contribution in [-0.4, -0.2) is 48.4 Å². The summed E-state index contributed by atoms with van der Waals surface area (Å²) in [6.07, 6.45) is 1.89. The highest BCUT2D eigenvalue weighted by Gasteiger charge is 2.56. The third kappa shape index (κ3) is 3.03. The fourth-order valence-electron chi connectivity index (χ4n) is 2.86. The van der Waals surface area contributed by atoms with Gasteiger partial charge in [-0.1, -0.05) is 0 Å². The summed E-state index contributed by atoms with van der Waals surface area (Å²) >= 11 is 0. The monoisotopic (exact) mass is 270 g/mol. The Balaban J connectivity index is 2.11. The maximum Gasteiger partial charge on any atom is 0.410 e. The molecule has 2 atom stereocenters. The minimum absolute atomic E-state index is 0.0251. The highest BCUT2D eigenvalue weighted by atomic mass is 16.6. The van der Waals surface area contributed by atoms with Gasteiger partial charge in [0, 0.05) is 18.0 Å². The van der Waals surface area contributed by atoms with E-state index in [0.29, 0.717) is 19.8 Å². The van der Waals surface area contributed by atoms with Crippen LogP contribution < -0.4 is 5.73 Å². The normalized spacial score (nSPS) is 27.8. The molecule has 110 valence electrons. The van der Waals surface area contributed by atoms with Gasteiger partial charge >= 0.3 is 6.09 Å². The van der Waals surface area contributed by atoms with Gasteiger partial charge in [0.15, 0.2) is 0 Å². The average Bonchev–Trinajstić information content (AvgIpc) is 3.07. The molecule has 2 unspecified atom stereocenters. The predicted molar refractivity (Wildman–Crippen MR) is 72.9 cm³/mol. The largest absolute Gasteiger partial charge is 0.444 e. The average molecular weight is 270 g/mol. The van der Waals surface area contributed by atoms with Gasteiger partial charge in [0.1, 0.15) is 5.60 Å². The molecule has 1 saturated heterocycles. The molecule has 1 aliphatic carbocycles. The summed E-state index contributed by atoms with van der Waals surface area (Å²) in [5, 5.41) is 0. The van der Waals surface area contributed by atoms with Gasteiger partial charge in [0.25, 0.3) is 0 Å². The van der Waals surface area contributed by atoms with Crippen LogP contribution >= 0.6 is 0 Å². The Morgan fingerprint density at radius 2 is 2.11 bits per heavy atom. The van der Waals surface area contributed by atoms with Crippen molar-refractivity contribution in [2.24, 2.45) is 11.1 Å². The molecule has 19 heavy (non-hydrogen) atoms. The zero-order valence-electron chi connectivity index (χ0n) is 12.4. The third-order valence-electron chi connectivity index (χ3n) is 4.15. The van der Waals surface area contributed by atoms with E-state index < -0.39 is 5.60 Å². The van der Waals surface area contributed by atoms with Crippen molar-refractivity contribution in [2.45, 2.75) is 58.2 Å². The minimum Gasteiger partial charge on any atom is -0.444 e. The van der Waals surface area contributed by atoms with Crippen LogP contribution in [0.1, 0.15) is 40.5 Å². The first-order chi connectivity index (χ1) is 8.76. The van der Waals surface area contributed by atoms with Gasteiger partial charge in [-0.2, -0.15) is 0 Å². The molecule has 1 saturated carbocycles. The Morgan fingerprint density at radius 1 is 1.47 bits per heavy atom. The zero-order valence-corrected chi connectivity index (χ0v) is 12.4. The van der Waals surface area contributed by atoms with Crippen LogP contribution in [0.4, 0.5) is 4.79 Å². The van der Waals surface area contributed by atoms with Crippen LogP contribution in [0.25, 0.3) is 0 Å². The number of ether oxygens (including phenoxy) is 2. The van der Waals surface area contributed by atoms with E-state index in [2.05, 4.69) is 0 Å². The van der Waals surface area contributed by atoms with Crippen molar-refractivity contribution in [3.63, 3.8) is 0 Å². The second kappa shape index (κ2) is 4.94. The SMILES string of the molecule is CC(N)C1(C2COCCN2C(=O)OC(C)(C)C)CC1. The number of hydrogen-bond acceptors (Lipinski definition) is 4. The van der Waals surface area contributed by atoms with Crippen molar-refractivity contribution in [1.29, 1.82) is 0 Å². The maximum absolute atomic E-state index is 12.3. The van der Waals surface area contributed by atoms with Crippen LogP contribution in [0.5, 0.6) is 0 Å². The van der Waals surface area contributed by atoms with Crippen molar-refractivity contribution in [3.05, 3.63) is 0 Å². The Hall–Kier alpha value is -0.810. The van der Waals surface area contributed by atoms with Gasteiger partial charge in [0.2, 0.25) is 0 Å². The summed E-state index contributed by atoms with van der Waals surface area (Å²) in [6, 6.07) is 0.125. The molecule has 1 heterocycles. The summed E-state index contributed by atoms with van der Waals surface area (Å²) in [5.74, 6) is 0. The number of hydrogen-bond donors (Lipinski definition) is 1. The first-order valence-corrected chi connectivity index (χ1v) is 7.09. The van der Waals surface area contributed by atoms with Gasteiger partial charge in [0.05, 0.1) is 19.3 Å². The van der Waals surface area contributed by atoms with E-state index in [0.717, 1.165) is 12.8 Å². The molecule has 0 aromatic heterocycles. The number of carbonyl (C=O) groups excluding carboxylic acids is 1. The number of amides is 1. The number of carbonyl (C=O) groups is 1. The molecule has 2 fully saturated rings. The van der Waals surface area contributed by atoms with Gasteiger partial charge in [-0.25, -0.2) is 4.79 Å². The van der Waals surface area contributed by atoms with E-state index in [1.54, 1.807) is 0 Å². The summed E-state index contributed by atoms with van der Waals surface area (Å²) < 4.78 is 11.1. The highest BCUT2D eigenvalue weighted by molar-refractivity contribution is 5.69. The lowest BCUT2D eigenvalue weighted by Gasteiger charge is -2.42. The summed E-state index contributed by atoms with van der Waals surface area (Å²) in [5.41, 5.74) is 5.68. The highest BCUT2D eigenvalue weighted by Crippen LogP contribution is 2.53. The fourth-order valence-corrected chi connectivity index (χ4v) is 2.86. The number of nitrogens with zero attached hydrogens (tertiary/aromatic N) is 1. The second-order valence-corrected chi connectivity index (χ2v) is 6.79. The smallest absolute Gasteiger partial charge is 0.410 e. The minimum atomic E-state index is -0.467. The molecule has 0 bridgehead atoms. The molecule has 0 aromatic carbocycles. The van der Waals surface area contributed by atoms with Crippen LogP contribution in [0.2, 0.25) is 0 Å². The van der Waals surface area contributed by atoms with E-state index in [-0.39, 0.29) is 23.6 Å². The van der Waals surface area contributed by atoms with Crippen LogP contribution in [-0.2, 0) is 9.47 Å². The second-order valence-electron chi connectivity index (χ2n) is 6.79. The molecular weight excluding hydrogens is 244 g/mol. The van der Waals surface area contributed by atoms with Gasteiger partial charge in [-0.3, -0.25) is 4.90 Å². The lowest BCUT2D eigenvalue weighted by molar-refractivity contribution is -0.0537. The summed E-state index contributed by atoms with van der Waals surface area (Å²) in [7, 11) is 0. The Bertz CT molecular complexity index is 345. The third-order valence-corrected chi connectivity index (χ3v) is 4.15. The van der Waals surface area contributed by atoms with Gasteiger partial charge in [-0.05, 0) is 40.5 Å². The van der Waals surface area contributed by atoms with Gasteiger partial charge in [-0.15, -0.1) is 0 Å². The van der Waals surface area contributed by atoms with Gasteiger partial charge < -0.3 is 15.2 Å². The van der Waals surface area contributed by atoms with Crippen molar-refractivity contribution < 1.29 is 14.3 Å². The number of nitrogens with two attached hydrogens (primary N) is 1. The van der Waals surface area contributed by atoms with Crippen molar-refractivity contribution >= 4 is 6.09 Å². The Morgan fingerprint density at radius 3 is 2.58 bits per heavy atom. The molecule has 5 heteroatoms. The number of morpholine rings is 1.